The van der Waals surface area contributed by atoms with Gasteiger partial charge in [0.05, 0.1) is 24.1 Å². The van der Waals surface area contributed by atoms with Gasteiger partial charge in [0.25, 0.3) is 0 Å². The maximum absolute atomic E-state index is 12.4. The number of ether oxygens (including phenoxy) is 1. The van der Waals surface area contributed by atoms with Gasteiger partial charge in [0.15, 0.2) is 0 Å². The first-order chi connectivity index (χ1) is 15.2. The third-order valence-corrected chi connectivity index (χ3v) is 5.11. The Kier molecular flexibility index (Phi) is 9.61. The average molecular weight is 481 g/mol. The Morgan fingerprint density at radius 2 is 1.81 bits per heavy atom. The fourth-order valence-corrected chi connectivity index (χ4v) is 2.91. The van der Waals surface area contributed by atoms with Gasteiger partial charge in [0.2, 0.25) is 5.96 Å². The molecule has 0 aliphatic carbocycles. The van der Waals surface area contributed by atoms with E-state index in [9.17, 15) is 9.59 Å². The van der Waals surface area contributed by atoms with E-state index in [0.717, 1.165) is 5.56 Å². The molecule has 2 atom stereocenters. The molecule has 0 unspecified atom stereocenters. The molecule has 0 saturated heterocycles. The quantitative estimate of drug-likeness (QED) is 0.321. The van der Waals surface area contributed by atoms with Gasteiger partial charge in [0.1, 0.15) is 5.75 Å². The van der Waals surface area contributed by atoms with Crippen LogP contribution in [0, 0.1) is 5.92 Å². The standard InChI is InChI=1S/C22H26Cl2N4O4/c1-4-32-19-10-9-17(11-18(19)24)27-21(25-12-15-5-7-16(23)8-6-15)28-22(31)26-14(3)13(2)20(29)30/h5-11,13-14H,4,12H2,1-3H3,(H,29,30)(H3,25,26,27,28,31)/t13-,14+/m1/s1. The van der Waals surface area contributed by atoms with Crippen molar-refractivity contribution < 1.29 is 19.4 Å². The van der Waals surface area contributed by atoms with Crippen LogP contribution in [0.4, 0.5) is 10.5 Å². The van der Waals surface area contributed by atoms with E-state index in [1.165, 1.54) is 6.92 Å². The number of urea groups is 1. The topological polar surface area (TPSA) is 112 Å². The molecule has 0 saturated carbocycles. The van der Waals surface area contributed by atoms with Crippen molar-refractivity contribution >= 4 is 46.8 Å². The number of carboxylic acid groups (broad SMARTS) is 1. The molecule has 172 valence electrons. The number of halogens is 2. The van der Waals surface area contributed by atoms with Crippen LogP contribution in [0.5, 0.6) is 5.75 Å². The first-order valence-corrected chi connectivity index (χ1v) is 10.7. The molecule has 0 aliphatic rings. The number of rotatable bonds is 8. The van der Waals surface area contributed by atoms with Crippen LogP contribution in [-0.4, -0.2) is 35.7 Å². The Hall–Kier alpha value is -2.97. The van der Waals surface area contributed by atoms with Gasteiger partial charge >= 0.3 is 12.0 Å². The minimum absolute atomic E-state index is 0.160. The summed E-state index contributed by atoms with van der Waals surface area (Å²) in [5.74, 6) is -1.06. The van der Waals surface area contributed by atoms with Crippen molar-refractivity contribution in [2.45, 2.75) is 33.4 Å². The molecule has 2 aromatic carbocycles. The number of hydrogen-bond acceptors (Lipinski definition) is 4. The number of guanidine groups is 1. The number of nitrogens with one attached hydrogen (secondary N) is 3. The molecule has 2 rings (SSSR count). The Balaban J connectivity index is 2.17. The molecule has 0 spiro atoms. The van der Waals surface area contributed by atoms with E-state index in [1.807, 2.05) is 19.1 Å². The second-order valence-electron chi connectivity index (χ2n) is 7.01. The summed E-state index contributed by atoms with van der Waals surface area (Å²) in [4.78, 5) is 28.0. The molecule has 0 radical (unpaired) electrons. The van der Waals surface area contributed by atoms with Crippen LogP contribution in [0.3, 0.4) is 0 Å². The monoisotopic (exact) mass is 480 g/mol. The van der Waals surface area contributed by atoms with Crippen LogP contribution in [0.2, 0.25) is 10.0 Å². The normalized spacial score (nSPS) is 13.1. The Morgan fingerprint density at radius 3 is 2.41 bits per heavy atom. The zero-order valence-corrected chi connectivity index (χ0v) is 19.5. The predicted octanol–water partition coefficient (Wildman–Crippen LogP) is 4.77. The van der Waals surface area contributed by atoms with E-state index in [2.05, 4.69) is 20.9 Å². The number of nitrogens with zero attached hydrogens (tertiary/aromatic N) is 1. The van der Waals surface area contributed by atoms with E-state index in [-0.39, 0.29) is 12.5 Å². The van der Waals surface area contributed by atoms with Crippen molar-refractivity contribution in [3.05, 3.63) is 58.1 Å². The summed E-state index contributed by atoms with van der Waals surface area (Å²) in [5.41, 5.74) is 1.47. The molecule has 10 heteroatoms. The summed E-state index contributed by atoms with van der Waals surface area (Å²) in [6.07, 6.45) is 0. The van der Waals surface area contributed by atoms with Crippen LogP contribution in [0.1, 0.15) is 26.3 Å². The maximum atomic E-state index is 12.4. The van der Waals surface area contributed by atoms with Crippen LogP contribution in [-0.2, 0) is 11.3 Å². The summed E-state index contributed by atoms with van der Waals surface area (Å²) in [6.45, 7) is 5.74. The molecular formula is C22H26Cl2N4O4. The third-order valence-electron chi connectivity index (χ3n) is 4.56. The highest BCUT2D eigenvalue weighted by Crippen LogP contribution is 2.27. The van der Waals surface area contributed by atoms with Crippen molar-refractivity contribution in [3.8, 4) is 5.75 Å². The zero-order chi connectivity index (χ0) is 23.7. The SMILES string of the molecule is CCOc1ccc(NC(=NCc2ccc(Cl)cc2)NC(=O)N[C@@H](C)[C@@H](C)C(=O)O)cc1Cl. The minimum atomic E-state index is -1.00. The molecule has 0 fully saturated rings. The molecule has 0 heterocycles. The van der Waals surface area contributed by atoms with Gasteiger partial charge in [0, 0.05) is 16.8 Å². The summed E-state index contributed by atoms with van der Waals surface area (Å²) < 4.78 is 5.43. The van der Waals surface area contributed by atoms with Crippen LogP contribution in [0.25, 0.3) is 0 Å². The summed E-state index contributed by atoms with van der Waals surface area (Å²) in [5, 5.41) is 18.4. The van der Waals surface area contributed by atoms with Crippen molar-refractivity contribution in [1.29, 1.82) is 0 Å². The highest BCUT2D eigenvalue weighted by Gasteiger charge is 2.21. The van der Waals surface area contributed by atoms with E-state index in [0.29, 0.717) is 28.1 Å². The second-order valence-corrected chi connectivity index (χ2v) is 7.85. The van der Waals surface area contributed by atoms with Crippen molar-refractivity contribution in [3.63, 3.8) is 0 Å². The molecule has 0 aliphatic heterocycles. The molecular weight excluding hydrogens is 455 g/mol. The van der Waals surface area contributed by atoms with Crippen molar-refractivity contribution in [1.82, 2.24) is 10.6 Å². The minimum Gasteiger partial charge on any atom is -0.492 e. The molecule has 2 aromatic rings. The number of benzene rings is 2. The van der Waals surface area contributed by atoms with Gasteiger partial charge in [-0.2, -0.15) is 0 Å². The second kappa shape index (κ2) is 12.2. The number of carboxylic acids is 1. The molecule has 2 amide bonds. The lowest BCUT2D eigenvalue weighted by Crippen LogP contribution is -2.48. The molecule has 0 aromatic heterocycles. The summed E-state index contributed by atoms with van der Waals surface area (Å²) in [6, 6.07) is 11.1. The van der Waals surface area contributed by atoms with Gasteiger partial charge in [-0.1, -0.05) is 35.3 Å². The Bertz CT molecular complexity index is 967. The fraction of sp³-hybridized carbons (Fsp3) is 0.318. The average Bonchev–Trinajstić information content (AvgIpc) is 2.74. The number of carbonyl (C=O) groups excluding carboxylic acids is 1. The van der Waals surface area contributed by atoms with E-state index < -0.39 is 24.0 Å². The van der Waals surface area contributed by atoms with Crippen LogP contribution >= 0.6 is 23.2 Å². The summed E-state index contributed by atoms with van der Waals surface area (Å²) in [7, 11) is 0. The van der Waals surface area contributed by atoms with Gasteiger partial charge in [-0.3, -0.25) is 10.1 Å². The lowest BCUT2D eigenvalue weighted by atomic mass is 10.0. The van der Waals surface area contributed by atoms with Gasteiger partial charge in [-0.25, -0.2) is 9.79 Å². The zero-order valence-electron chi connectivity index (χ0n) is 18.0. The molecule has 4 N–H and O–H groups in total. The number of anilines is 1. The first-order valence-electron chi connectivity index (χ1n) is 9.98. The van der Waals surface area contributed by atoms with Crippen molar-refractivity contribution in [2.24, 2.45) is 10.9 Å². The maximum Gasteiger partial charge on any atom is 0.321 e. The van der Waals surface area contributed by atoms with Crippen LogP contribution in [0.15, 0.2) is 47.5 Å². The van der Waals surface area contributed by atoms with Gasteiger partial charge < -0.3 is 20.5 Å². The van der Waals surface area contributed by atoms with E-state index in [1.54, 1.807) is 37.3 Å². The van der Waals surface area contributed by atoms with E-state index in [4.69, 9.17) is 33.0 Å². The lowest BCUT2D eigenvalue weighted by molar-refractivity contribution is -0.141. The third kappa shape index (κ3) is 7.94. The lowest BCUT2D eigenvalue weighted by Gasteiger charge is -2.19. The van der Waals surface area contributed by atoms with Gasteiger partial charge in [-0.15, -0.1) is 0 Å². The fourth-order valence-electron chi connectivity index (χ4n) is 2.55. The number of hydrogen-bond donors (Lipinski definition) is 4. The van der Waals surface area contributed by atoms with Crippen LogP contribution < -0.4 is 20.7 Å². The highest BCUT2D eigenvalue weighted by atomic mass is 35.5. The predicted molar refractivity (Wildman–Crippen MR) is 127 cm³/mol. The summed E-state index contributed by atoms with van der Waals surface area (Å²) >= 11 is 12.2. The number of amides is 2. The molecule has 8 nitrogen and oxygen atoms in total. The largest absolute Gasteiger partial charge is 0.492 e. The Labute approximate surface area is 197 Å². The number of aliphatic imine (C=N–C) groups is 1. The molecule has 32 heavy (non-hydrogen) atoms. The first kappa shape index (κ1) is 25.3. The molecule has 0 bridgehead atoms. The van der Waals surface area contributed by atoms with Crippen molar-refractivity contribution in [2.75, 3.05) is 11.9 Å². The van der Waals surface area contributed by atoms with E-state index >= 15 is 0 Å². The highest BCUT2D eigenvalue weighted by molar-refractivity contribution is 6.32. The van der Waals surface area contributed by atoms with Gasteiger partial charge in [-0.05, 0) is 56.7 Å². The number of aliphatic carboxylic acids is 1. The Morgan fingerprint density at radius 1 is 1.12 bits per heavy atom. The smallest absolute Gasteiger partial charge is 0.321 e. The number of carbonyl (C=O) groups is 2.